The monoisotopic (exact) mass is 403 g/mol. The number of nitrogens with one attached hydrogen (secondary N) is 1. The van der Waals surface area contributed by atoms with E-state index in [0.29, 0.717) is 11.5 Å². The highest BCUT2D eigenvalue weighted by atomic mass is 16.5. The summed E-state index contributed by atoms with van der Waals surface area (Å²) in [7, 11) is 0. The Hall–Kier alpha value is -3.94. The van der Waals surface area contributed by atoms with E-state index in [1.807, 2.05) is 57.2 Å². The van der Waals surface area contributed by atoms with Crippen LogP contribution < -0.4 is 5.32 Å². The van der Waals surface area contributed by atoms with Crippen LogP contribution in [0.15, 0.2) is 54.7 Å². The molecule has 8 nitrogen and oxygen atoms in total. The fourth-order valence-corrected chi connectivity index (χ4v) is 3.10. The van der Waals surface area contributed by atoms with Crippen LogP contribution in [0.2, 0.25) is 0 Å². The Balaban J connectivity index is 1.43. The number of hydrogen-bond acceptors (Lipinski definition) is 5. The average molecular weight is 403 g/mol. The summed E-state index contributed by atoms with van der Waals surface area (Å²) in [6.45, 7) is 5.32. The fourth-order valence-electron chi connectivity index (χ4n) is 3.10. The van der Waals surface area contributed by atoms with Crippen molar-refractivity contribution in [2.75, 3.05) is 11.9 Å². The van der Waals surface area contributed by atoms with E-state index in [9.17, 15) is 9.59 Å². The van der Waals surface area contributed by atoms with Crippen LogP contribution >= 0.6 is 0 Å². The Morgan fingerprint density at radius 1 is 1.07 bits per heavy atom. The van der Waals surface area contributed by atoms with Crippen LogP contribution in [0, 0.1) is 20.8 Å². The molecule has 0 aliphatic rings. The topological polar surface area (TPSA) is 90.5 Å². The van der Waals surface area contributed by atoms with Gasteiger partial charge in [-0.15, -0.1) is 0 Å². The zero-order valence-electron chi connectivity index (χ0n) is 16.9. The largest absolute Gasteiger partial charge is 0.451 e. The van der Waals surface area contributed by atoms with Gasteiger partial charge in [-0.1, -0.05) is 23.8 Å². The van der Waals surface area contributed by atoms with Gasteiger partial charge < -0.3 is 14.5 Å². The lowest BCUT2D eigenvalue weighted by molar-refractivity contribution is -0.119. The summed E-state index contributed by atoms with van der Waals surface area (Å²) in [6.07, 6.45) is 1.60. The third kappa shape index (κ3) is 3.93. The molecule has 4 aromatic rings. The summed E-state index contributed by atoms with van der Waals surface area (Å²) in [5.74, 6) is -0.617. The van der Waals surface area contributed by atoms with E-state index < -0.39 is 18.5 Å². The van der Waals surface area contributed by atoms with Crippen molar-refractivity contribution < 1.29 is 14.3 Å². The van der Waals surface area contributed by atoms with Gasteiger partial charge in [-0.05, 0) is 45.0 Å². The molecule has 3 aromatic heterocycles. The number of benzene rings is 1. The molecule has 0 saturated heterocycles. The smallest absolute Gasteiger partial charge is 0.359 e. The number of anilines is 1. The Labute approximate surface area is 173 Å². The normalized spacial score (nSPS) is 10.9. The average Bonchev–Trinajstić information content (AvgIpc) is 3.31. The first kappa shape index (κ1) is 19.4. The molecule has 0 atom stereocenters. The third-order valence-corrected chi connectivity index (χ3v) is 4.62. The molecule has 0 aliphatic carbocycles. The zero-order chi connectivity index (χ0) is 21.3. The minimum atomic E-state index is -0.656. The zero-order valence-corrected chi connectivity index (χ0v) is 16.9. The second kappa shape index (κ2) is 7.82. The van der Waals surface area contributed by atoms with E-state index in [1.54, 1.807) is 27.4 Å². The van der Waals surface area contributed by atoms with Crippen LogP contribution in [0.3, 0.4) is 0 Å². The van der Waals surface area contributed by atoms with Crippen molar-refractivity contribution in [2.24, 2.45) is 0 Å². The number of nitrogens with zero attached hydrogens (tertiary/aromatic N) is 4. The first-order valence-corrected chi connectivity index (χ1v) is 9.46. The SMILES string of the molecule is Cc1ccc(-n2nc(C)cc2NC(=O)COC(=O)c2cn3c(C)cccc3n2)cc1. The van der Waals surface area contributed by atoms with Crippen molar-refractivity contribution >= 4 is 23.3 Å². The molecule has 1 amide bonds. The lowest BCUT2D eigenvalue weighted by Crippen LogP contribution is -2.22. The number of ether oxygens (including phenoxy) is 1. The molecule has 3 heterocycles. The van der Waals surface area contributed by atoms with Crippen LogP contribution in [0.5, 0.6) is 0 Å². The second-order valence-electron chi connectivity index (χ2n) is 7.06. The van der Waals surface area contributed by atoms with Gasteiger partial charge in [0.1, 0.15) is 11.5 Å². The van der Waals surface area contributed by atoms with Gasteiger partial charge in [-0.2, -0.15) is 5.10 Å². The van der Waals surface area contributed by atoms with E-state index in [1.165, 1.54) is 0 Å². The van der Waals surface area contributed by atoms with E-state index in [0.717, 1.165) is 22.6 Å². The molecule has 30 heavy (non-hydrogen) atoms. The van der Waals surface area contributed by atoms with E-state index >= 15 is 0 Å². The van der Waals surface area contributed by atoms with Crippen LogP contribution in [0.4, 0.5) is 5.82 Å². The molecule has 0 unspecified atom stereocenters. The number of aromatic nitrogens is 4. The maximum atomic E-state index is 12.4. The molecule has 4 rings (SSSR count). The molecular weight excluding hydrogens is 382 g/mol. The number of carbonyl (C=O) groups excluding carboxylic acids is 2. The van der Waals surface area contributed by atoms with Crippen molar-refractivity contribution in [1.29, 1.82) is 0 Å². The second-order valence-corrected chi connectivity index (χ2v) is 7.06. The van der Waals surface area contributed by atoms with Crippen molar-refractivity contribution in [3.8, 4) is 5.69 Å². The van der Waals surface area contributed by atoms with Gasteiger partial charge in [0.05, 0.1) is 11.4 Å². The molecule has 1 aromatic carbocycles. The number of amides is 1. The molecule has 1 N–H and O–H groups in total. The molecule has 0 aliphatic heterocycles. The van der Waals surface area contributed by atoms with Crippen LogP contribution in [-0.2, 0) is 9.53 Å². The molecule has 0 spiro atoms. The van der Waals surface area contributed by atoms with E-state index in [-0.39, 0.29) is 5.69 Å². The van der Waals surface area contributed by atoms with Crippen LogP contribution in [0.1, 0.15) is 27.4 Å². The summed E-state index contributed by atoms with van der Waals surface area (Å²) < 4.78 is 8.57. The van der Waals surface area contributed by atoms with Crippen molar-refractivity contribution in [1.82, 2.24) is 19.2 Å². The van der Waals surface area contributed by atoms with Gasteiger partial charge in [-0.25, -0.2) is 14.5 Å². The highest BCUT2D eigenvalue weighted by molar-refractivity contribution is 5.94. The molecule has 0 radical (unpaired) electrons. The highest BCUT2D eigenvalue weighted by Gasteiger charge is 2.16. The lowest BCUT2D eigenvalue weighted by atomic mass is 10.2. The van der Waals surface area contributed by atoms with Gasteiger partial charge in [0.25, 0.3) is 5.91 Å². The number of pyridine rings is 1. The minimum absolute atomic E-state index is 0.151. The molecule has 8 heteroatoms. The number of rotatable bonds is 5. The van der Waals surface area contributed by atoms with Crippen molar-refractivity contribution in [2.45, 2.75) is 20.8 Å². The number of fused-ring (bicyclic) bond motifs is 1. The predicted molar refractivity (Wildman–Crippen MR) is 112 cm³/mol. The Kier molecular flexibility index (Phi) is 5.05. The van der Waals surface area contributed by atoms with Gasteiger partial charge in [-0.3, -0.25) is 4.79 Å². The fraction of sp³-hybridized carbons (Fsp3) is 0.182. The maximum Gasteiger partial charge on any atom is 0.359 e. The molecule has 0 bridgehead atoms. The van der Waals surface area contributed by atoms with Gasteiger partial charge >= 0.3 is 5.97 Å². The molecule has 0 fully saturated rings. The number of imidazole rings is 1. The predicted octanol–water partition coefficient (Wildman–Crippen LogP) is 3.24. The summed E-state index contributed by atoms with van der Waals surface area (Å²) in [4.78, 5) is 28.9. The lowest BCUT2D eigenvalue weighted by Gasteiger charge is -2.09. The minimum Gasteiger partial charge on any atom is -0.451 e. The van der Waals surface area contributed by atoms with Crippen LogP contribution in [-0.4, -0.2) is 37.6 Å². The standard InChI is InChI=1S/C22H21N5O3/c1-14-7-9-17(10-8-14)27-20(11-15(2)25-27)24-21(28)13-30-22(29)18-12-26-16(3)5-4-6-19(26)23-18/h4-12H,13H2,1-3H3,(H,24,28). The van der Waals surface area contributed by atoms with E-state index in [4.69, 9.17) is 4.74 Å². The quantitative estimate of drug-likeness (QED) is 0.517. The maximum absolute atomic E-state index is 12.4. The Bertz CT molecular complexity index is 1240. The van der Waals surface area contributed by atoms with Gasteiger partial charge in [0, 0.05) is 18.0 Å². The Morgan fingerprint density at radius 3 is 2.57 bits per heavy atom. The molecular formula is C22H21N5O3. The van der Waals surface area contributed by atoms with E-state index in [2.05, 4.69) is 15.4 Å². The number of esters is 1. The summed E-state index contributed by atoms with van der Waals surface area (Å²) >= 11 is 0. The number of hydrogen-bond donors (Lipinski definition) is 1. The summed E-state index contributed by atoms with van der Waals surface area (Å²) in [6, 6.07) is 15.1. The first-order valence-electron chi connectivity index (χ1n) is 9.46. The summed E-state index contributed by atoms with van der Waals surface area (Å²) in [5.41, 5.74) is 4.43. The van der Waals surface area contributed by atoms with Crippen LogP contribution in [0.25, 0.3) is 11.3 Å². The van der Waals surface area contributed by atoms with Gasteiger partial charge in [0.2, 0.25) is 0 Å². The molecule has 0 saturated carbocycles. The molecule has 152 valence electrons. The van der Waals surface area contributed by atoms with Crippen molar-refractivity contribution in [3.63, 3.8) is 0 Å². The first-order chi connectivity index (χ1) is 14.4. The van der Waals surface area contributed by atoms with Crippen molar-refractivity contribution in [3.05, 3.63) is 77.4 Å². The third-order valence-electron chi connectivity index (χ3n) is 4.62. The number of aryl methyl sites for hydroxylation is 3. The Morgan fingerprint density at radius 2 is 1.83 bits per heavy atom. The number of carbonyl (C=O) groups is 2. The summed E-state index contributed by atoms with van der Waals surface area (Å²) in [5, 5.41) is 7.17. The highest BCUT2D eigenvalue weighted by Crippen LogP contribution is 2.18. The van der Waals surface area contributed by atoms with Gasteiger partial charge in [0.15, 0.2) is 12.3 Å².